The van der Waals surface area contributed by atoms with Gasteiger partial charge in [0.15, 0.2) is 10.9 Å². The number of aromatic nitrogens is 2. The lowest BCUT2D eigenvalue weighted by molar-refractivity contribution is -0.137. The molecule has 0 aliphatic rings. The third-order valence-electron chi connectivity index (χ3n) is 2.57. The monoisotopic (exact) mass is 372 g/mol. The van der Waals surface area contributed by atoms with Crippen LogP contribution in [0.1, 0.15) is 20.7 Å². The van der Waals surface area contributed by atoms with Crippen LogP contribution in [0.15, 0.2) is 30.7 Å². The Morgan fingerprint density at radius 3 is 2.08 bits per heavy atom. The Labute approximate surface area is 146 Å². The van der Waals surface area contributed by atoms with Gasteiger partial charge < -0.3 is 19.2 Å². The van der Waals surface area contributed by atoms with Crippen molar-refractivity contribution in [1.29, 1.82) is 0 Å². The lowest BCUT2D eigenvalue weighted by atomic mass is 10.3. The maximum Gasteiger partial charge on any atom is 0.339 e. The lowest BCUT2D eigenvalue weighted by Crippen LogP contribution is -2.02. The number of hydrogen-bond acceptors (Lipinski definition) is 10. The summed E-state index contributed by atoms with van der Waals surface area (Å²) in [4.78, 5) is 36.8. The topological polar surface area (TPSA) is 137 Å². The molecule has 0 aromatic carbocycles. The van der Waals surface area contributed by atoms with Crippen LogP contribution in [-0.4, -0.2) is 46.6 Å². The van der Waals surface area contributed by atoms with Gasteiger partial charge in [0.2, 0.25) is 5.75 Å². The third kappa shape index (κ3) is 5.88. The molecule has 0 bridgehead atoms. The van der Waals surface area contributed by atoms with Crippen molar-refractivity contribution in [3.63, 3.8) is 0 Å². The molecule has 10 nitrogen and oxygen atoms in total. The smallest absolute Gasteiger partial charge is 0.339 e. The molecule has 0 aliphatic carbocycles. The van der Waals surface area contributed by atoms with Crippen LogP contribution in [0, 0.1) is 0 Å². The Hall–Kier alpha value is -2.95. The number of ether oxygens (including phenoxy) is 2. The predicted octanol–water partition coefficient (Wildman–Crippen LogP) is 2.09. The molecular formula is C14H13ClN2O8. The molecule has 2 aromatic rings. The van der Waals surface area contributed by atoms with E-state index in [-0.39, 0.29) is 27.8 Å². The number of hydrogen-bond donors (Lipinski definition) is 2. The summed E-state index contributed by atoms with van der Waals surface area (Å²) >= 11 is 5.50. The summed E-state index contributed by atoms with van der Waals surface area (Å²) in [6, 6.07) is 2.54. The highest BCUT2D eigenvalue weighted by Crippen LogP contribution is 2.22. The first-order valence-electron chi connectivity index (χ1n) is 6.36. The predicted molar refractivity (Wildman–Crippen MR) is 82.7 cm³/mol. The summed E-state index contributed by atoms with van der Waals surface area (Å²) in [6.45, 7) is 0. The van der Waals surface area contributed by atoms with Gasteiger partial charge in [0.1, 0.15) is 0 Å². The number of carbonyl (C=O) groups is 2. The summed E-state index contributed by atoms with van der Waals surface area (Å²) < 4.78 is 8.84. The van der Waals surface area contributed by atoms with Gasteiger partial charge in [0.25, 0.3) is 0 Å². The second-order valence-corrected chi connectivity index (χ2v) is 4.45. The van der Waals surface area contributed by atoms with E-state index in [0.717, 1.165) is 0 Å². The molecule has 0 atom stereocenters. The average molecular weight is 373 g/mol. The van der Waals surface area contributed by atoms with Gasteiger partial charge in [-0.15, -0.1) is 0 Å². The minimum Gasteiger partial charge on any atom is -0.465 e. The Bertz CT molecular complexity index is 741. The van der Waals surface area contributed by atoms with E-state index in [0.29, 0.717) is 0 Å². The molecule has 0 radical (unpaired) electrons. The van der Waals surface area contributed by atoms with Crippen molar-refractivity contribution in [3.05, 3.63) is 47.0 Å². The number of pyridine rings is 2. The van der Waals surface area contributed by atoms with E-state index >= 15 is 0 Å². The highest BCUT2D eigenvalue weighted by molar-refractivity contribution is 6.30. The Morgan fingerprint density at radius 2 is 1.56 bits per heavy atom. The number of methoxy groups -OCH3 is 2. The number of carbonyl (C=O) groups excluding carboxylic acids is 2. The molecule has 2 aromatic heterocycles. The molecule has 2 rings (SSSR count). The van der Waals surface area contributed by atoms with E-state index in [9.17, 15) is 9.59 Å². The highest BCUT2D eigenvalue weighted by Gasteiger charge is 2.11. The molecule has 0 aliphatic heterocycles. The summed E-state index contributed by atoms with van der Waals surface area (Å²) in [5, 5.41) is 16.5. The molecule has 0 unspecified atom stereocenters. The van der Waals surface area contributed by atoms with Gasteiger partial charge in [-0.05, 0) is 0 Å². The summed E-state index contributed by atoms with van der Waals surface area (Å²) in [6.07, 6.45) is 3.80. The quantitative estimate of drug-likeness (QED) is 0.355. The standard InChI is InChI=1S/C7H6ClNO4.C7H7NO4/c1-12-7(10)4-2-5(13-11)6(8)9-3-4;1-11-7(9)5-2-6(12-10)4-8-3-5/h2-3,11H,1H3;2-4,10H,1H3. The molecule has 0 spiro atoms. The maximum absolute atomic E-state index is 11.0. The van der Waals surface area contributed by atoms with Crippen molar-refractivity contribution in [1.82, 2.24) is 9.97 Å². The average Bonchev–Trinajstić information content (AvgIpc) is 2.67. The summed E-state index contributed by atoms with van der Waals surface area (Å²) in [5.41, 5.74) is 0.375. The van der Waals surface area contributed by atoms with Crippen molar-refractivity contribution in [2.45, 2.75) is 0 Å². The van der Waals surface area contributed by atoms with Crippen molar-refractivity contribution in [2.75, 3.05) is 14.2 Å². The van der Waals surface area contributed by atoms with Gasteiger partial charge in [-0.2, -0.15) is 0 Å². The molecule has 0 saturated heterocycles. The largest absolute Gasteiger partial charge is 0.465 e. The Kier molecular flexibility index (Phi) is 8.06. The Balaban J connectivity index is 0.000000251. The van der Waals surface area contributed by atoms with Crippen LogP contribution in [0.25, 0.3) is 0 Å². The van der Waals surface area contributed by atoms with E-state index in [4.69, 9.17) is 22.1 Å². The van der Waals surface area contributed by atoms with E-state index < -0.39 is 11.9 Å². The van der Waals surface area contributed by atoms with Crippen LogP contribution in [0.5, 0.6) is 11.5 Å². The minimum atomic E-state index is -0.581. The first kappa shape index (κ1) is 20.1. The van der Waals surface area contributed by atoms with E-state index in [2.05, 4.69) is 29.2 Å². The van der Waals surface area contributed by atoms with Gasteiger partial charge in [-0.1, -0.05) is 11.6 Å². The fourth-order valence-corrected chi connectivity index (χ4v) is 1.56. The van der Waals surface area contributed by atoms with Gasteiger partial charge in [0.05, 0.1) is 31.5 Å². The molecule has 134 valence electrons. The maximum atomic E-state index is 11.0. The number of halogens is 1. The number of nitrogens with zero attached hydrogens (tertiary/aromatic N) is 2. The van der Waals surface area contributed by atoms with Crippen molar-refractivity contribution < 1.29 is 39.4 Å². The van der Waals surface area contributed by atoms with Crippen LogP contribution < -0.4 is 9.78 Å². The summed E-state index contributed by atoms with van der Waals surface area (Å²) in [7, 11) is 2.49. The zero-order chi connectivity index (χ0) is 18.8. The van der Waals surface area contributed by atoms with Gasteiger partial charge in [-0.25, -0.2) is 25.1 Å². The molecule has 0 amide bonds. The fourth-order valence-electron chi connectivity index (χ4n) is 1.42. The van der Waals surface area contributed by atoms with Crippen LogP contribution in [0.3, 0.4) is 0 Å². The number of esters is 2. The Morgan fingerprint density at radius 1 is 0.960 bits per heavy atom. The molecule has 0 saturated carbocycles. The molecule has 2 heterocycles. The van der Waals surface area contributed by atoms with Gasteiger partial charge in [0, 0.05) is 24.5 Å². The zero-order valence-electron chi connectivity index (χ0n) is 13.0. The lowest BCUT2D eigenvalue weighted by Gasteiger charge is -2.01. The molecule has 11 heteroatoms. The van der Waals surface area contributed by atoms with Gasteiger partial charge >= 0.3 is 11.9 Å². The second-order valence-electron chi connectivity index (χ2n) is 4.09. The third-order valence-corrected chi connectivity index (χ3v) is 2.85. The van der Waals surface area contributed by atoms with Crippen LogP contribution in [-0.2, 0) is 9.47 Å². The highest BCUT2D eigenvalue weighted by atomic mass is 35.5. The molecule has 0 fully saturated rings. The first-order valence-corrected chi connectivity index (χ1v) is 6.74. The first-order chi connectivity index (χ1) is 12.0. The van der Waals surface area contributed by atoms with Crippen molar-refractivity contribution in [2.24, 2.45) is 0 Å². The molecule has 2 N–H and O–H groups in total. The minimum absolute atomic E-state index is 0.0323. The SMILES string of the molecule is COC(=O)c1cnc(Cl)c(OO)c1.COC(=O)c1cncc(OO)c1. The fraction of sp³-hybridized carbons (Fsp3) is 0.143. The van der Waals surface area contributed by atoms with Crippen molar-refractivity contribution >= 4 is 23.5 Å². The van der Waals surface area contributed by atoms with E-state index in [1.807, 2.05) is 0 Å². The van der Waals surface area contributed by atoms with Gasteiger partial charge in [-0.3, -0.25) is 4.98 Å². The van der Waals surface area contributed by atoms with Crippen LogP contribution in [0.2, 0.25) is 5.15 Å². The number of rotatable bonds is 4. The van der Waals surface area contributed by atoms with Crippen molar-refractivity contribution in [3.8, 4) is 11.5 Å². The molecular weight excluding hydrogens is 360 g/mol. The molecule has 25 heavy (non-hydrogen) atoms. The van der Waals surface area contributed by atoms with E-state index in [1.165, 1.54) is 44.9 Å². The second kappa shape index (κ2) is 10.0. The zero-order valence-corrected chi connectivity index (χ0v) is 13.8. The van der Waals surface area contributed by atoms with E-state index in [1.54, 1.807) is 0 Å². The normalized spacial score (nSPS) is 9.32. The van der Waals surface area contributed by atoms with Crippen LogP contribution >= 0.6 is 11.6 Å². The van der Waals surface area contributed by atoms with Crippen LogP contribution in [0.4, 0.5) is 0 Å². The summed E-state index contributed by atoms with van der Waals surface area (Å²) in [5.74, 6) is -1.11.